The molecule has 1 unspecified atom stereocenters. The highest BCUT2D eigenvalue weighted by Crippen LogP contribution is 2.27. The smallest absolute Gasteiger partial charge is 0.316 e. The first-order chi connectivity index (χ1) is 6.17. The Bertz CT molecular complexity index is 158. The highest BCUT2D eigenvalue weighted by molar-refractivity contribution is 4.79. The minimum atomic E-state index is -4.02. The van der Waals surface area contributed by atoms with Gasteiger partial charge in [-0.3, -0.25) is 0 Å². The van der Waals surface area contributed by atoms with Crippen molar-refractivity contribution in [2.75, 3.05) is 7.05 Å². The van der Waals surface area contributed by atoms with Crippen molar-refractivity contribution in [3.8, 4) is 0 Å². The summed E-state index contributed by atoms with van der Waals surface area (Å²) >= 11 is 0. The summed E-state index contributed by atoms with van der Waals surface area (Å²) in [6.45, 7) is 6.09. The third kappa shape index (κ3) is 6.24. The number of alkyl halides is 3. The monoisotopic (exact) mass is 211 g/mol. The quantitative estimate of drug-likeness (QED) is 0.752. The zero-order valence-electron chi connectivity index (χ0n) is 9.33. The first kappa shape index (κ1) is 13.8. The second-order valence-corrected chi connectivity index (χ2v) is 4.71. The van der Waals surface area contributed by atoms with Gasteiger partial charge in [-0.15, -0.1) is 0 Å². The van der Waals surface area contributed by atoms with Gasteiger partial charge in [0.15, 0.2) is 0 Å². The summed E-state index contributed by atoms with van der Waals surface area (Å²) in [6.07, 6.45) is -3.93. The van der Waals surface area contributed by atoms with Gasteiger partial charge in [-0.1, -0.05) is 20.8 Å². The van der Waals surface area contributed by atoms with Gasteiger partial charge in [0.2, 0.25) is 0 Å². The molecule has 0 aliphatic heterocycles. The fourth-order valence-electron chi connectivity index (χ4n) is 1.52. The molecular formula is C10H20F3N. The van der Waals surface area contributed by atoms with Gasteiger partial charge < -0.3 is 5.32 Å². The Morgan fingerprint density at radius 3 is 1.93 bits per heavy atom. The molecule has 1 N–H and O–H groups in total. The van der Waals surface area contributed by atoms with Gasteiger partial charge in [0.1, 0.15) is 0 Å². The van der Waals surface area contributed by atoms with E-state index in [1.165, 1.54) is 0 Å². The van der Waals surface area contributed by atoms with Crippen LogP contribution in [0.3, 0.4) is 0 Å². The van der Waals surface area contributed by atoms with Gasteiger partial charge in [-0.05, 0) is 25.3 Å². The Kier molecular flexibility index (Phi) is 4.92. The van der Waals surface area contributed by atoms with E-state index < -0.39 is 12.6 Å². The van der Waals surface area contributed by atoms with E-state index in [-0.39, 0.29) is 17.9 Å². The average Bonchev–Trinajstić information content (AvgIpc) is 1.93. The van der Waals surface area contributed by atoms with Crippen LogP contribution in [-0.2, 0) is 0 Å². The van der Waals surface area contributed by atoms with Crippen LogP contribution in [0.25, 0.3) is 0 Å². The number of hydrogen-bond donors (Lipinski definition) is 1. The molecule has 14 heavy (non-hydrogen) atoms. The standard InChI is InChI=1S/C10H20F3N/c1-9(2,3)8(14-4)6-5-7-10(11,12)13/h8,14H,5-7H2,1-4H3. The lowest BCUT2D eigenvalue weighted by Gasteiger charge is -2.30. The van der Waals surface area contributed by atoms with Crippen LogP contribution in [0.1, 0.15) is 40.0 Å². The molecule has 0 aromatic rings. The van der Waals surface area contributed by atoms with Crippen molar-refractivity contribution in [2.45, 2.75) is 52.3 Å². The summed E-state index contributed by atoms with van der Waals surface area (Å²) < 4.78 is 35.7. The predicted molar refractivity (Wildman–Crippen MR) is 52.2 cm³/mol. The first-order valence-electron chi connectivity index (χ1n) is 4.91. The molecule has 0 amide bonds. The Morgan fingerprint density at radius 2 is 1.64 bits per heavy atom. The highest BCUT2D eigenvalue weighted by atomic mass is 19.4. The minimum absolute atomic E-state index is 0.0142. The van der Waals surface area contributed by atoms with Crippen molar-refractivity contribution in [1.82, 2.24) is 5.32 Å². The average molecular weight is 211 g/mol. The van der Waals surface area contributed by atoms with E-state index in [1.807, 2.05) is 20.8 Å². The minimum Gasteiger partial charge on any atom is -0.316 e. The van der Waals surface area contributed by atoms with Crippen LogP contribution >= 0.6 is 0 Å². The van der Waals surface area contributed by atoms with Crippen molar-refractivity contribution in [1.29, 1.82) is 0 Å². The van der Waals surface area contributed by atoms with Crippen molar-refractivity contribution in [2.24, 2.45) is 5.41 Å². The zero-order chi connectivity index (χ0) is 11.4. The molecule has 1 nitrogen and oxygen atoms in total. The van der Waals surface area contributed by atoms with Gasteiger partial charge in [0.25, 0.3) is 0 Å². The molecule has 0 saturated heterocycles. The molecule has 0 aliphatic rings. The lowest BCUT2D eigenvalue weighted by atomic mass is 9.84. The Balaban J connectivity index is 3.87. The van der Waals surface area contributed by atoms with Crippen LogP contribution < -0.4 is 5.32 Å². The maximum absolute atomic E-state index is 11.9. The van der Waals surface area contributed by atoms with Crippen molar-refractivity contribution < 1.29 is 13.2 Å². The maximum Gasteiger partial charge on any atom is 0.389 e. The zero-order valence-corrected chi connectivity index (χ0v) is 9.33. The second-order valence-electron chi connectivity index (χ2n) is 4.71. The van der Waals surface area contributed by atoms with E-state index in [2.05, 4.69) is 5.32 Å². The molecule has 0 aromatic carbocycles. The Labute approximate surface area is 84.1 Å². The maximum atomic E-state index is 11.9. The molecule has 0 bridgehead atoms. The van der Waals surface area contributed by atoms with Crippen molar-refractivity contribution in [3.05, 3.63) is 0 Å². The number of hydrogen-bond acceptors (Lipinski definition) is 1. The molecule has 86 valence electrons. The highest BCUT2D eigenvalue weighted by Gasteiger charge is 2.28. The molecule has 1 atom stereocenters. The van der Waals surface area contributed by atoms with E-state index in [0.29, 0.717) is 6.42 Å². The second kappa shape index (κ2) is 5.01. The molecule has 0 saturated carbocycles. The number of halogens is 3. The summed E-state index contributed by atoms with van der Waals surface area (Å²) in [7, 11) is 1.80. The summed E-state index contributed by atoms with van der Waals surface area (Å²) in [4.78, 5) is 0. The van der Waals surface area contributed by atoms with E-state index in [1.54, 1.807) is 7.05 Å². The molecule has 0 rings (SSSR count). The molecule has 0 spiro atoms. The molecular weight excluding hydrogens is 191 g/mol. The number of rotatable bonds is 4. The molecule has 0 aromatic heterocycles. The van der Waals surface area contributed by atoms with Gasteiger partial charge in [0.05, 0.1) is 0 Å². The van der Waals surface area contributed by atoms with Gasteiger partial charge >= 0.3 is 6.18 Å². The SMILES string of the molecule is CNC(CCCC(F)(F)F)C(C)(C)C. The van der Waals surface area contributed by atoms with Crippen LogP contribution in [0, 0.1) is 5.41 Å². The molecule has 0 heterocycles. The fourth-order valence-corrected chi connectivity index (χ4v) is 1.52. The largest absolute Gasteiger partial charge is 0.389 e. The normalized spacial score (nSPS) is 15.6. The number of nitrogens with one attached hydrogen (secondary N) is 1. The van der Waals surface area contributed by atoms with Crippen LogP contribution in [0.2, 0.25) is 0 Å². The molecule has 0 fully saturated rings. The summed E-state index contributed by atoms with van der Waals surface area (Å²) in [5.74, 6) is 0. The van der Waals surface area contributed by atoms with Crippen LogP contribution in [0.4, 0.5) is 13.2 Å². The lowest BCUT2D eigenvalue weighted by molar-refractivity contribution is -0.136. The Hall–Kier alpha value is -0.250. The van der Waals surface area contributed by atoms with Crippen molar-refractivity contribution >= 4 is 0 Å². The first-order valence-corrected chi connectivity index (χ1v) is 4.91. The van der Waals surface area contributed by atoms with E-state index in [0.717, 1.165) is 0 Å². The molecule has 4 heteroatoms. The third-order valence-corrected chi connectivity index (χ3v) is 2.35. The molecule has 0 radical (unpaired) electrons. The van der Waals surface area contributed by atoms with E-state index in [4.69, 9.17) is 0 Å². The lowest BCUT2D eigenvalue weighted by Crippen LogP contribution is -2.38. The summed E-state index contributed by atoms with van der Waals surface area (Å²) in [6, 6.07) is 0.143. The van der Waals surface area contributed by atoms with Crippen molar-refractivity contribution in [3.63, 3.8) is 0 Å². The Morgan fingerprint density at radius 1 is 1.14 bits per heavy atom. The van der Waals surface area contributed by atoms with E-state index >= 15 is 0 Å². The van der Waals surface area contributed by atoms with Gasteiger partial charge in [-0.25, -0.2) is 0 Å². The topological polar surface area (TPSA) is 12.0 Å². The van der Waals surface area contributed by atoms with Crippen LogP contribution in [0.15, 0.2) is 0 Å². The van der Waals surface area contributed by atoms with Crippen LogP contribution in [-0.4, -0.2) is 19.3 Å². The predicted octanol–water partition coefficient (Wildman–Crippen LogP) is 3.35. The summed E-state index contributed by atoms with van der Waals surface area (Å²) in [5.41, 5.74) is 0.0142. The van der Waals surface area contributed by atoms with Gasteiger partial charge in [-0.2, -0.15) is 13.2 Å². The van der Waals surface area contributed by atoms with E-state index in [9.17, 15) is 13.2 Å². The molecule has 0 aliphatic carbocycles. The van der Waals surface area contributed by atoms with Gasteiger partial charge in [0, 0.05) is 12.5 Å². The van der Waals surface area contributed by atoms with Crippen LogP contribution in [0.5, 0.6) is 0 Å². The fraction of sp³-hybridized carbons (Fsp3) is 1.00. The third-order valence-electron chi connectivity index (χ3n) is 2.35. The summed E-state index contributed by atoms with van der Waals surface area (Å²) in [5, 5.41) is 3.06.